The van der Waals surface area contributed by atoms with Crippen LogP contribution in [0.4, 0.5) is 0 Å². The summed E-state index contributed by atoms with van der Waals surface area (Å²) in [6, 6.07) is 1.23. The summed E-state index contributed by atoms with van der Waals surface area (Å²) in [7, 11) is 0. The molecule has 3 nitrogen and oxygen atoms in total. The van der Waals surface area contributed by atoms with Gasteiger partial charge in [-0.3, -0.25) is 0 Å². The second-order valence-corrected chi connectivity index (χ2v) is 2.96. The van der Waals surface area contributed by atoms with Crippen molar-refractivity contribution < 1.29 is 0 Å². The molecule has 0 aliphatic rings. The van der Waals surface area contributed by atoms with Crippen molar-refractivity contribution >= 4 is 23.2 Å². The van der Waals surface area contributed by atoms with Gasteiger partial charge in [-0.2, -0.15) is 0 Å². The van der Waals surface area contributed by atoms with E-state index in [4.69, 9.17) is 29.8 Å². The Kier molecular flexibility index (Phi) is 2.85. The molecule has 62 valence electrons. The molecule has 1 rings (SSSR count). The standard InChI is InChI=1S/C7H5Cl2N3/c1-4(10-2)5-3-6(8)11-12-7(5)9/h3-4H,1H3. The second-order valence-electron chi connectivity index (χ2n) is 2.22. The molecule has 0 aliphatic carbocycles. The van der Waals surface area contributed by atoms with Crippen molar-refractivity contribution in [1.29, 1.82) is 0 Å². The summed E-state index contributed by atoms with van der Waals surface area (Å²) in [4.78, 5) is 3.30. The molecule has 0 fully saturated rings. The molecule has 1 aromatic heterocycles. The van der Waals surface area contributed by atoms with Gasteiger partial charge in [0.25, 0.3) is 0 Å². The summed E-state index contributed by atoms with van der Waals surface area (Å²) in [5, 5.41) is 7.62. The van der Waals surface area contributed by atoms with Crippen LogP contribution in [0.25, 0.3) is 4.85 Å². The molecule has 12 heavy (non-hydrogen) atoms. The first-order valence-electron chi connectivity index (χ1n) is 3.20. The molecule has 1 unspecified atom stereocenters. The lowest BCUT2D eigenvalue weighted by Gasteiger charge is -2.00. The molecule has 0 radical (unpaired) electrons. The molecule has 0 N–H and O–H groups in total. The zero-order chi connectivity index (χ0) is 9.14. The van der Waals surface area contributed by atoms with Gasteiger partial charge in [-0.15, -0.1) is 10.2 Å². The zero-order valence-electron chi connectivity index (χ0n) is 6.25. The predicted octanol–water partition coefficient (Wildman–Crippen LogP) is 2.76. The van der Waals surface area contributed by atoms with Gasteiger partial charge < -0.3 is 4.85 Å². The first kappa shape index (κ1) is 9.24. The molecule has 0 bridgehead atoms. The molecule has 0 amide bonds. The van der Waals surface area contributed by atoms with Crippen LogP contribution in [0.15, 0.2) is 6.07 Å². The molecular weight excluding hydrogens is 197 g/mol. The molecule has 0 aromatic carbocycles. The van der Waals surface area contributed by atoms with Gasteiger partial charge in [0.05, 0.1) is 5.56 Å². The Morgan fingerprint density at radius 2 is 2.17 bits per heavy atom. The lowest BCUT2D eigenvalue weighted by Crippen LogP contribution is -1.93. The van der Waals surface area contributed by atoms with Crippen LogP contribution in [0.2, 0.25) is 10.3 Å². The quantitative estimate of drug-likeness (QED) is 0.655. The van der Waals surface area contributed by atoms with Gasteiger partial charge in [0.1, 0.15) is 0 Å². The van der Waals surface area contributed by atoms with Crippen molar-refractivity contribution in [2.24, 2.45) is 0 Å². The Hall–Kier alpha value is -0.850. The van der Waals surface area contributed by atoms with E-state index < -0.39 is 0 Å². The minimum absolute atomic E-state index is 0.239. The minimum Gasteiger partial charge on any atom is -0.309 e. The molecule has 1 aromatic rings. The number of rotatable bonds is 1. The van der Waals surface area contributed by atoms with Crippen LogP contribution in [-0.4, -0.2) is 10.2 Å². The van der Waals surface area contributed by atoms with Gasteiger partial charge >= 0.3 is 0 Å². The van der Waals surface area contributed by atoms with Crippen LogP contribution in [0.1, 0.15) is 18.5 Å². The van der Waals surface area contributed by atoms with E-state index in [1.54, 1.807) is 13.0 Å². The number of nitrogens with zero attached hydrogens (tertiary/aromatic N) is 3. The molecular formula is C7H5Cl2N3. The fraction of sp³-hybridized carbons (Fsp3) is 0.286. The molecule has 0 saturated heterocycles. The van der Waals surface area contributed by atoms with E-state index in [1.165, 1.54) is 0 Å². The monoisotopic (exact) mass is 201 g/mol. The van der Waals surface area contributed by atoms with Crippen LogP contribution in [0.5, 0.6) is 0 Å². The Bertz CT molecular complexity index is 332. The number of hydrogen-bond acceptors (Lipinski definition) is 2. The maximum atomic E-state index is 6.79. The third-order valence-electron chi connectivity index (χ3n) is 1.39. The van der Waals surface area contributed by atoms with Gasteiger partial charge in [0.15, 0.2) is 10.3 Å². The van der Waals surface area contributed by atoms with E-state index in [-0.39, 0.29) is 16.3 Å². The van der Waals surface area contributed by atoms with Gasteiger partial charge in [-0.1, -0.05) is 23.2 Å². The van der Waals surface area contributed by atoms with Crippen LogP contribution < -0.4 is 0 Å². The van der Waals surface area contributed by atoms with E-state index >= 15 is 0 Å². The molecule has 0 saturated carbocycles. The third-order valence-corrected chi connectivity index (χ3v) is 1.87. The van der Waals surface area contributed by atoms with Crippen molar-refractivity contribution in [3.8, 4) is 0 Å². The highest BCUT2D eigenvalue weighted by molar-refractivity contribution is 6.31. The van der Waals surface area contributed by atoms with E-state index in [0.29, 0.717) is 5.56 Å². The first-order chi connectivity index (χ1) is 5.65. The summed E-state index contributed by atoms with van der Waals surface area (Å²) >= 11 is 11.3. The van der Waals surface area contributed by atoms with Crippen molar-refractivity contribution in [3.63, 3.8) is 0 Å². The normalized spacial score (nSPS) is 12.2. The molecule has 0 aliphatic heterocycles. The highest BCUT2D eigenvalue weighted by atomic mass is 35.5. The molecule has 1 heterocycles. The number of aromatic nitrogens is 2. The van der Waals surface area contributed by atoms with Crippen molar-refractivity contribution in [1.82, 2.24) is 10.2 Å². The molecule has 1 atom stereocenters. The predicted molar refractivity (Wildman–Crippen MR) is 47.1 cm³/mol. The number of hydrogen-bond donors (Lipinski definition) is 0. The lowest BCUT2D eigenvalue weighted by atomic mass is 10.2. The Morgan fingerprint density at radius 1 is 1.50 bits per heavy atom. The minimum atomic E-state index is -0.328. The maximum Gasteiger partial charge on any atom is 0.249 e. The summed E-state index contributed by atoms with van der Waals surface area (Å²) in [5.74, 6) is 0. The summed E-state index contributed by atoms with van der Waals surface area (Å²) < 4.78 is 0. The van der Waals surface area contributed by atoms with Crippen molar-refractivity contribution in [3.05, 3.63) is 33.4 Å². The van der Waals surface area contributed by atoms with Gasteiger partial charge in [0, 0.05) is 6.92 Å². The summed E-state index contributed by atoms with van der Waals surface area (Å²) in [5.41, 5.74) is 0.617. The summed E-state index contributed by atoms with van der Waals surface area (Å²) in [6.45, 7) is 8.52. The van der Waals surface area contributed by atoms with Crippen LogP contribution in [0.3, 0.4) is 0 Å². The summed E-state index contributed by atoms with van der Waals surface area (Å²) in [6.07, 6.45) is 0. The van der Waals surface area contributed by atoms with E-state index in [0.717, 1.165) is 0 Å². The largest absolute Gasteiger partial charge is 0.309 e. The molecule has 5 heteroatoms. The van der Waals surface area contributed by atoms with Gasteiger partial charge in [-0.25, -0.2) is 6.57 Å². The van der Waals surface area contributed by atoms with Crippen molar-refractivity contribution in [2.45, 2.75) is 13.0 Å². The smallest absolute Gasteiger partial charge is 0.249 e. The topological polar surface area (TPSA) is 30.1 Å². The molecule has 0 spiro atoms. The fourth-order valence-corrected chi connectivity index (χ4v) is 1.13. The Morgan fingerprint density at radius 3 is 2.75 bits per heavy atom. The highest BCUT2D eigenvalue weighted by Gasteiger charge is 2.15. The Balaban J connectivity index is 3.15. The van der Waals surface area contributed by atoms with Gasteiger partial charge in [0.2, 0.25) is 6.04 Å². The van der Waals surface area contributed by atoms with E-state index in [2.05, 4.69) is 15.0 Å². The average molecular weight is 202 g/mol. The van der Waals surface area contributed by atoms with Crippen LogP contribution >= 0.6 is 23.2 Å². The second kappa shape index (κ2) is 3.70. The van der Waals surface area contributed by atoms with Gasteiger partial charge in [-0.05, 0) is 6.07 Å². The van der Waals surface area contributed by atoms with E-state index in [1.807, 2.05) is 0 Å². The average Bonchev–Trinajstić information content (AvgIpc) is 2.08. The van der Waals surface area contributed by atoms with E-state index in [9.17, 15) is 0 Å². The Labute approximate surface area is 80.1 Å². The SMILES string of the molecule is [C-]#[N+]C(C)c1cc(Cl)nnc1Cl. The van der Waals surface area contributed by atoms with Crippen molar-refractivity contribution in [2.75, 3.05) is 0 Å². The third kappa shape index (κ3) is 1.84. The van der Waals surface area contributed by atoms with Crippen LogP contribution in [-0.2, 0) is 0 Å². The first-order valence-corrected chi connectivity index (χ1v) is 3.96. The fourth-order valence-electron chi connectivity index (χ4n) is 0.729. The zero-order valence-corrected chi connectivity index (χ0v) is 7.76. The maximum absolute atomic E-state index is 6.79. The number of halogens is 2. The lowest BCUT2D eigenvalue weighted by molar-refractivity contribution is 0.911. The highest BCUT2D eigenvalue weighted by Crippen LogP contribution is 2.24. The van der Waals surface area contributed by atoms with Crippen LogP contribution in [0, 0.1) is 6.57 Å².